The van der Waals surface area contributed by atoms with Gasteiger partial charge in [0.25, 0.3) is 0 Å². The molecule has 0 aliphatic rings. The van der Waals surface area contributed by atoms with Crippen molar-refractivity contribution in [3.63, 3.8) is 0 Å². The van der Waals surface area contributed by atoms with Gasteiger partial charge in [-0.15, -0.1) is 0 Å². The molecule has 0 heterocycles. The second-order valence-corrected chi connectivity index (χ2v) is 3.57. The van der Waals surface area contributed by atoms with Crippen molar-refractivity contribution in [3.8, 4) is 0 Å². The first kappa shape index (κ1) is 13.1. The molecule has 2 rings (SSSR count). The van der Waals surface area contributed by atoms with Gasteiger partial charge in [-0.1, -0.05) is 36.4 Å². The number of benzene rings is 2. The summed E-state index contributed by atoms with van der Waals surface area (Å²) in [6.07, 6.45) is 0.791. The van der Waals surface area contributed by atoms with Gasteiger partial charge in [-0.2, -0.15) is 0 Å². The third-order valence-electron chi connectivity index (χ3n) is 2.49. The predicted molar refractivity (Wildman–Crippen MR) is 65.6 cm³/mol. The largest absolute Gasteiger partial charge is 1.00 e. The molecule has 2 aromatic carbocycles. The normalized spacial score (nSPS) is 9.50. The summed E-state index contributed by atoms with van der Waals surface area (Å²) >= 11 is 0. The molecule has 0 aliphatic carbocycles. The molecule has 78 valence electrons. The van der Waals surface area contributed by atoms with Crippen molar-refractivity contribution in [1.29, 1.82) is 0 Å². The Kier molecular flexibility index (Phi) is 4.87. The minimum absolute atomic E-state index is 0. The van der Waals surface area contributed by atoms with Crippen LogP contribution in [0, 0.1) is 0 Å². The second kappa shape index (κ2) is 5.94. The van der Waals surface area contributed by atoms with Crippen LogP contribution in [0.15, 0.2) is 48.5 Å². The van der Waals surface area contributed by atoms with E-state index in [0.29, 0.717) is 0 Å². The van der Waals surface area contributed by atoms with Crippen molar-refractivity contribution < 1.29 is 31.0 Å². The summed E-state index contributed by atoms with van der Waals surface area (Å²) in [7, 11) is 0. The Balaban J connectivity index is 0.00000128. The average molecular weight is 222 g/mol. The molecule has 0 bridgehead atoms. The van der Waals surface area contributed by atoms with Gasteiger partial charge in [0.05, 0.1) is 0 Å². The zero-order chi connectivity index (χ0) is 10.7. The number of nitrogen functional groups attached to an aromatic ring is 2. The van der Waals surface area contributed by atoms with Crippen LogP contribution in [0.25, 0.3) is 0 Å². The maximum atomic E-state index is 5.88. The minimum atomic E-state index is 0. The van der Waals surface area contributed by atoms with Crippen LogP contribution in [0.3, 0.4) is 0 Å². The fraction of sp³-hybridized carbons (Fsp3) is 0.0769. The average Bonchev–Trinajstić information content (AvgIpc) is 2.24. The molecular weight excluding hydrogens is 207 g/mol. The summed E-state index contributed by atoms with van der Waals surface area (Å²) in [6.45, 7) is 0. The molecule has 0 aromatic heterocycles. The van der Waals surface area contributed by atoms with Gasteiger partial charge in [0.1, 0.15) is 0 Å². The molecule has 0 aliphatic heterocycles. The molecule has 0 atom stereocenters. The fourth-order valence-electron chi connectivity index (χ4n) is 1.60. The number of hydrogen-bond acceptors (Lipinski definition) is 2. The molecule has 0 unspecified atom stereocenters. The van der Waals surface area contributed by atoms with Crippen molar-refractivity contribution in [1.82, 2.24) is 0 Å². The molecule has 0 amide bonds. The molecule has 16 heavy (non-hydrogen) atoms. The SMILES string of the molecule is Nc1ccccc1Cc1ccccc1N.[H-].[Na+]. The fourth-order valence-corrected chi connectivity index (χ4v) is 1.60. The van der Waals surface area contributed by atoms with Crippen LogP contribution in [0.2, 0.25) is 0 Å². The van der Waals surface area contributed by atoms with Gasteiger partial charge in [-0.25, -0.2) is 0 Å². The molecule has 0 fully saturated rings. The molecular formula is C13H15N2Na. The van der Waals surface area contributed by atoms with E-state index in [2.05, 4.69) is 0 Å². The van der Waals surface area contributed by atoms with Gasteiger partial charge in [-0.05, 0) is 23.3 Å². The van der Waals surface area contributed by atoms with Gasteiger partial charge < -0.3 is 12.9 Å². The third-order valence-corrected chi connectivity index (χ3v) is 2.49. The number of rotatable bonds is 2. The maximum Gasteiger partial charge on any atom is 1.00 e. The topological polar surface area (TPSA) is 52.0 Å². The first-order valence-electron chi connectivity index (χ1n) is 4.94. The van der Waals surface area contributed by atoms with E-state index in [1.807, 2.05) is 48.5 Å². The predicted octanol–water partition coefficient (Wildman–Crippen LogP) is -0.442. The second-order valence-electron chi connectivity index (χ2n) is 3.57. The van der Waals surface area contributed by atoms with Crippen LogP contribution in [0.4, 0.5) is 11.4 Å². The van der Waals surface area contributed by atoms with Gasteiger partial charge in [0.15, 0.2) is 0 Å². The van der Waals surface area contributed by atoms with Crippen LogP contribution in [-0.4, -0.2) is 0 Å². The van der Waals surface area contributed by atoms with Gasteiger partial charge >= 0.3 is 29.6 Å². The van der Waals surface area contributed by atoms with Gasteiger partial charge in [-0.3, -0.25) is 0 Å². The number of anilines is 2. The van der Waals surface area contributed by atoms with E-state index in [4.69, 9.17) is 11.5 Å². The number of hydrogen-bond donors (Lipinski definition) is 2. The molecule has 2 aromatic rings. The summed E-state index contributed by atoms with van der Waals surface area (Å²) < 4.78 is 0. The van der Waals surface area contributed by atoms with Gasteiger partial charge in [0.2, 0.25) is 0 Å². The standard InChI is InChI=1S/C13H14N2.Na.H/c14-12-7-3-1-5-10(12)9-11-6-2-4-8-13(11)15;;/h1-8H,9,14-15H2;;/q;+1;-1. The van der Waals surface area contributed by atoms with Crippen molar-refractivity contribution in [2.75, 3.05) is 11.5 Å². The number of nitrogens with two attached hydrogens (primary N) is 2. The summed E-state index contributed by atoms with van der Waals surface area (Å²) in [5.74, 6) is 0. The van der Waals surface area contributed by atoms with Crippen LogP contribution in [0.5, 0.6) is 0 Å². The Bertz CT molecular complexity index is 431. The minimum Gasteiger partial charge on any atom is -1.00 e. The van der Waals surface area contributed by atoms with Crippen molar-refractivity contribution >= 4 is 11.4 Å². The van der Waals surface area contributed by atoms with Crippen LogP contribution in [0.1, 0.15) is 12.6 Å². The van der Waals surface area contributed by atoms with Crippen molar-refractivity contribution in [2.24, 2.45) is 0 Å². The zero-order valence-corrected chi connectivity index (χ0v) is 11.5. The van der Waals surface area contributed by atoms with E-state index in [9.17, 15) is 0 Å². The van der Waals surface area contributed by atoms with Gasteiger partial charge in [0, 0.05) is 17.8 Å². The number of para-hydroxylation sites is 2. The molecule has 4 N–H and O–H groups in total. The zero-order valence-electron chi connectivity index (χ0n) is 10.5. The molecule has 0 saturated heterocycles. The molecule has 0 radical (unpaired) electrons. The summed E-state index contributed by atoms with van der Waals surface area (Å²) in [5.41, 5.74) is 15.6. The van der Waals surface area contributed by atoms with Crippen molar-refractivity contribution in [3.05, 3.63) is 59.7 Å². The first-order valence-corrected chi connectivity index (χ1v) is 4.94. The first-order chi connectivity index (χ1) is 7.27. The van der Waals surface area contributed by atoms with E-state index >= 15 is 0 Å². The quantitative estimate of drug-likeness (QED) is 0.534. The summed E-state index contributed by atoms with van der Waals surface area (Å²) in [6, 6.07) is 15.7. The maximum absolute atomic E-state index is 5.88. The Labute approximate surface area is 119 Å². The monoisotopic (exact) mass is 222 g/mol. The van der Waals surface area contributed by atoms with Crippen molar-refractivity contribution in [2.45, 2.75) is 6.42 Å². The van der Waals surface area contributed by atoms with E-state index in [1.165, 1.54) is 0 Å². The third kappa shape index (κ3) is 3.01. The van der Waals surface area contributed by atoms with E-state index in [-0.39, 0.29) is 31.0 Å². The molecule has 0 saturated carbocycles. The molecule has 2 nitrogen and oxygen atoms in total. The van der Waals surface area contributed by atoms with E-state index in [0.717, 1.165) is 28.9 Å². The smallest absolute Gasteiger partial charge is 1.00 e. The van der Waals surface area contributed by atoms with E-state index in [1.54, 1.807) is 0 Å². The Morgan fingerprint density at radius 3 is 1.50 bits per heavy atom. The Morgan fingerprint density at radius 2 is 1.12 bits per heavy atom. The molecule has 0 spiro atoms. The van der Waals surface area contributed by atoms with Crippen LogP contribution >= 0.6 is 0 Å². The summed E-state index contributed by atoms with van der Waals surface area (Å²) in [4.78, 5) is 0. The Hall–Kier alpha value is -0.960. The summed E-state index contributed by atoms with van der Waals surface area (Å²) in [5, 5.41) is 0. The van der Waals surface area contributed by atoms with Crippen LogP contribution in [-0.2, 0) is 6.42 Å². The van der Waals surface area contributed by atoms with E-state index < -0.39 is 0 Å². The Morgan fingerprint density at radius 1 is 0.750 bits per heavy atom. The van der Waals surface area contributed by atoms with Crippen LogP contribution < -0.4 is 41.0 Å². The molecule has 3 heteroatoms.